The molecule has 0 amide bonds. The van der Waals surface area contributed by atoms with Gasteiger partial charge in [0.15, 0.2) is 0 Å². The van der Waals surface area contributed by atoms with Crippen molar-refractivity contribution >= 4 is 19.2 Å². The summed E-state index contributed by atoms with van der Waals surface area (Å²) in [5.74, 6) is 8.00. The van der Waals surface area contributed by atoms with E-state index >= 15 is 0 Å². The standard InChI is InChI=1S/C12H11P.Fe.H4N2/c1-3-7-11(8-4-1)13-12-9-5-2-6-10-12;;1-2/h1-10,13H;;1-2H2. The van der Waals surface area contributed by atoms with Crippen LogP contribution in [0.4, 0.5) is 0 Å². The van der Waals surface area contributed by atoms with E-state index in [0.717, 1.165) is 8.58 Å². The van der Waals surface area contributed by atoms with Crippen LogP contribution in [0.3, 0.4) is 0 Å². The Balaban J connectivity index is 0.000000711. The van der Waals surface area contributed by atoms with Crippen molar-refractivity contribution < 1.29 is 17.1 Å². The van der Waals surface area contributed by atoms with Gasteiger partial charge in [-0.1, -0.05) is 69.2 Å². The summed E-state index contributed by atoms with van der Waals surface area (Å²) in [6, 6.07) is 21.2. The first-order chi connectivity index (χ1) is 7.45. The van der Waals surface area contributed by atoms with Gasteiger partial charge >= 0.3 is 0 Å². The van der Waals surface area contributed by atoms with Crippen LogP contribution in [0.2, 0.25) is 0 Å². The predicted octanol–water partition coefficient (Wildman–Crippen LogP) is 1.13. The zero-order valence-electron chi connectivity index (χ0n) is 8.78. The molecule has 0 aromatic heterocycles. The number of rotatable bonds is 2. The third-order valence-electron chi connectivity index (χ3n) is 1.84. The van der Waals surface area contributed by atoms with Crippen molar-refractivity contribution in [1.29, 1.82) is 0 Å². The molecule has 2 rings (SSSR count). The Morgan fingerprint density at radius 3 is 1.25 bits per heavy atom. The summed E-state index contributed by atoms with van der Waals surface area (Å²) < 4.78 is 0. The predicted molar refractivity (Wildman–Crippen MR) is 68.8 cm³/mol. The van der Waals surface area contributed by atoms with Crippen molar-refractivity contribution in [1.82, 2.24) is 0 Å². The maximum atomic E-state index is 4.00. The molecule has 0 unspecified atom stereocenters. The summed E-state index contributed by atoms with van der Waals surface area (Å²) in [4.78, 5) is 0. The molecular weight excluding hydrogens is 259 g/mol. The number of hydrazine groups is 1. The van der Waals surface area contributed by atoms with Crippen molar-refractivity contribution in [3.63, 3.8) is 0 Å². The zero-order valence-corrected chi connectivity index (χ0v) is 10.9. The smallest absolute Gasteiger partial charge is 0 e. The summed E-state index contributed by atoms with van der Waals surface area (Å²) in [6.45, 7) is 0. The van der Waals surface area contributed by atoms with Crippen LogP contribution in [0.1, 0.15) is 0 Å². The van der Waals surface area contributed by atoms with E-state index in [1.54, 1.807) is 0 Å². The Kier molecular flexibility index (Phi) is 9.12. The molecule has 0 radical (unpaired) electrons. The van der Waals surface area contributed by atoms with Crippen LogP contribution in [0, 0.1) is 0 Å². The monoisotopic (exact) mass is 274 g/mol. The molecule has 0 saturated carbocycles. The fourth-order valence-corrected chi connectivity index (χ4v) is 2.26. The molecule has 2 aromatic carbocycles. The summed E-state index contributed by atoms with van der Waals surface area (Å²) in [5.41, 5.74) is 0. The molecule has 4 N–H and O–H groups in total. The Labute approximate surface area is 109 Å². The van der Waals surface area contributed by atoms with E-state index in [1.165, 1.54) is 10.6 Å². The van der Waals surface area contributed by atoms with Crippen molar-refractivity contribution in [2.75, 3.05) is 0 Å². The molecule has 0 spiro atoms. The van der Waals surface area contributed by atoms with Gasteiger partial charge in [-0.15, -0.1) is 0 Å². The second kappa shape index (κ2) is 9.53. The fraction of sp³-hybridized carbons (Fsp3) is 0. The minimum Gasteiger partial charge on any atom is -0.274 e. The number of hydrogen-bond donors (Lipinski definition) is 2. The molecule has 2 nitrogen and oxygen atoms in total. The van der Waals surface area contributed by atoms with Gasteiger partial charge in [-0.2, -0.15) is 0 Å². The second-order valence-electron chi connectivity index (χ2n) is 2.86. The van der Waals surface area contributed by atoms with Gasteiger partial charge in [-0.05, 0) is 10.6 Å². The summed E-state index contributed by atoms with van der Waals surface area (Å²) in [5, 5.41) is 2.79. The molecular formula is C12H15FeN2P. The van der Waals surface area contributed by atoms with Crippen LogP contribution in [0.5, 0.6) is 0 Å². The molecule has 4 heteroatoms. The van der Waals surface area contributed by atoms with Gasteiger partial charge < -0.3 is 0 Å². The minimum atomic E-state index is 0. The van der Waals surface area contributed by atoms with Gasteiger partial charge in [0, 0.05) is 17.1 Å². The third kappa shape index (κ3) is 5.41. The van der Waals surface area contributed by atoms with E-state index in [1.807, 2.05) is 0 Å². The minimum absolute atomic E-state index is 0. The maximum Gasteiger partial charge on any atom is 0 e. The first-order valence-corrected chi connectivity index (χ1v) is 5.65. The summed E-state index contributed by atoms with van der Waals surface area (Å²) in [6.07, 6.45) is 0. The van der Waals surface area contributed by atoms with Crippen LogP contribution in [-0.4, -0.2) is 0 Å². The van der Waals surface area contributed by atoms with E-state index < -0.39 is 0 Å². The van der Waals surface area contributed by atoms with Crippen molar-refractivity contribution in [3.05, 3.63) is 60.7 Å². The van der Waals surface area contributed by atoms with Gasteiger partial charge in [0.05, 0.1) is 0 Å². The van der Waals surface area contributed by atoms with E-state index in [9.17, 15) is 0 Å². The molecule has 16 heavy (non-hydrogen) atoms. The molecule has 2 aromatic rings. The zero-order chi connectivity index (χ0) is 10.9. The van der Waals surface area contributed by atoms with Gasteiger partial charge in [-0.25, -0.2) is 0 Å². The molecule has 0 atom stereocenters. The summed E-state index contributed by atoms with van der Waals surface area (Å²) >= 11 is 0. The van der Waals surface area contributed by atoms with Crippen molar-refractivity contribution in [2.45, 2.75) is 0 Å². The molecule has 0 bridgehead atoms. The van der Waals surface area contributed by atoms with Crippen LogP contribution >= 0.6 is 8.58 Å². The summed E-state index contributed by atoms with van der Waals surface area (Å²) in [7, 11) is 0.777. The van der Waals surface area contributed by atoms with Crippen LogP contribution in [0.25, 0.3) is 0 Å². The normalized spacial score (nSPS) is 8.38. The second-order valence-corrected chi connectivity index (χ2v) is 4.26. The van der Waals surface area contributed by atoms with E-state index in [2.05, 4.69) is 72.3 Å². The van der Waals surface area contributed by atoms with Gasteiger partial charge in [-0.3, -0.25) is 11.7 Å². The molecule has 0 saturated heterocycles. The first-order valence-electron chi connectivity index (χ1n) is 4.65. The first kappa shape index (κ1) is 15.3. The Morgan fingerprint density at radius 1 is 0.625 bits per heavy atom. The van der Waals surface area contributed by atoms with E-state index in [-0.39, 0.29) is 17.1 Å². The van der Waals surface area contributed by atoms with Gasteiger partial charge in [0.1, 0.15) is 0 Å². The fourth-order valence-electron chi connectivity index (χ4n) is 1.21. The molecule has 0 aliphatic rings. The molecule has 0 fully saturated rings. The number of nitrogens with two attached hydrogens (primary N) is 2. The van der Waals surface area contributed by atoms with Crippen LogP contribution in [0.15, 0.2) is 60.7 Å². The average molecular weight is 274 g/mol. The SMILES string of the molecule is NN.[Fe].c1ccc(Pc2ccccc2)cc1. The molecule has 0 heterocycles. The molecule has 0 aliphatic carbocycles. The number of hydrogen-bond acceptors (Lipinski definition) is 2. The Bertz CT molecular complexity index is 330. The van der Waals surface area contributed by atoms with Gasteiger partial charge in [0.2, 0.25) is 0 Å². The topological polar surface area (TPSA) is 52.0 Å². The molecule has 0 aliphatic heterocycles. The van der Waals surface area contributed by atoms with E-state index in [4.69, 9.17) is 0 Å². The van der Waals surface area contributed by atoms with Crippen molar-refractivity contribution in [2.24, 2.45) is 11.7 Å². The molecule has 86 valence electrons. The average Bonchev–Trinajstić information content (AvgIpc) is 2.34. The van der Waals surface area contributed by atoms with Crippen LogP contribution < -0.4 is 22.3 Å². The Hall–Kier alpha value is -0.691. The quantitative estimate of drug-likeness (QED) is 0.373. The third-order valence-corrected chi connectivity index (χ3v) is 3.08. The maximum absolute atomic E-state index is 4.00. The largest absolute Gasteiger partial charge is 0.274 e. The van der Waals surface area contributed by atoms with Crippen LogP contribution in [-0.2, 0) is 17.1 Å². The van der Waals surface area contributed by atoms with Crippen molar-refractivity contribution in [3.8, 4) is 0 Å². The number of benzene rings is 2. The Morgan fingerprint density at radius 2 is 0.938 bits per heavy atom. The van der Waals surface area contributed by atoms with Gasteiger partial charge in [0.25, 0.3) is 0 Å². The van der Waals surface area contributed by atoms with E-state index in [0.29, 0.717) is 0 Å².